The number of ketones is 1. The molecule has 2 aliphatic rings. The van der Waals surface area contributed by atoms with Crippen LogP contribution in [0.5, 0.6) is 0 Å². The van der Waals surface area contributed by atoms with Gasteiger partial charge < -0.3 is 5.73 Å². The number of Topliss-reactive ketones (excluding diaryl/α,β-unsaturated/α-hetero) is 1. The first-order valence-corrected chi connectivity index (χ1v) is 4.48. The molecule has 1 saturated carbocycles. The number of rotatable bonds is 0. The van der Waals surface area contributed by atoms with E-state index in [0.717, 1.165) is 11.1 Å². The molecule has 2 N–H and O–H groups in total. The minimum atomic E-state index is -0.405. The van der Waals surface area contributed by atoms with Gasteiger partial charge in [0, 0.05) is 12.8 Å². The summed E-state index contributed by atoms with van der Waals surface area (Å²) in [5.74, 6) is 0.295. The monoisotopic (exact) mass is 175 g/mol. The lowest BCUT2D eigenvalue weighted by atomic mass is 9.99. The SMILES string of the molecule is CC1(N)C=CC=C2CC(=O)CC2=C1. The number of hydrogen-bond acceptors (Lipinski definition) is 2. The summed E-state index contributed by atoms with van der Waals surface area (Å²) in [5.41, 5.74) is 7.81. The van der Waals surface area contributed by atoms with Crippen molar-refractivity contribution in [3.05, 3.63) is 35.5 Å². The maximum atomic E-state index is 11.2. The van der Waals surface area contributed by atoms with Gasteiger partial charge in [-0.3, -0.25) is 4.79 Å². The first-order chi connectivity index (χ1) is 6.07. The molecule has 0 aromatic heterocycles. The van der Waals surface area contributed by atoms with E-state index in [1.807, 2.05) is 31.2 Å². The highest BCUT2D eigenvalue weighted by molar-refractivity contribution is 5.90. The van der Waals surface area contributed by atoms with Gasteiger partial charge in [0.05, 0.1) is 5.54 Å². The van der Waals surface area contributed by atoms with Gasteiger partial charge in [0.15, 0.2) is 0 Å². The first kappa shape index (κ1) is 8.45. The average molecular weight is 175 g/mol. The van der Waals surface area contributed by atoms with E-state index < -0.39 is 5.54 Å². The molecule has 2 nitrogen and oxygen atoms in total. The smallest absolute Gasteiger partial charge is 0.141 e. The van der Waals surface area contributed by atoms with Crippen molar-refractivity contribution in [1.29, 1.82) is 0 Å². The van der Waals surface area contributed by atoms with Crippen molar-refractivity contribution in [2.75, 3.05) is 0 Å². The van der Waals surface area contributed by atoms with Crippen LogP contribution in [0, 0.1) is 0 Å². The normalized spacial score (nSPS) is 32.3. The number of hydrogen-bond donors (Lipinski definition) is 1. The quantitative estimate of drug-likeness (QED) is 0.606. The molecule has 0 saturated heterocycles. The number of allylic oxidation sites excluding steroid dienone is 4. The maximum Gasteiger partial charge on any atom is 0.141 e. The van der Waals surface area contributed by atoms with Crippen LogP contribution in [0.3, 0.4) is 0 Å². The highest BCUT2D eigenvalue weighted by Crippen LogP contribution is 2.31. The summed E-state index contributed by atoms with van der Waals surface area (Å²) < 4.78 is 0. The van der Waals surface area contributed by atoms with Crippen molar-refractivity contribution in [3.8, 4) is 0 Å². The third-order valence-corrected chi connectivity index (χ3v) is 2.43. The van der Waals surface area contributed by atoms with E-state index in [9.17, 15) is 4.79 Å². The fraction of sp³-hybridized carbons (Fsp3) is 0.364. The molecule has 13 heavy (non-hydrogen) atoms. The van der Waals surface area contributed by atoms with E-state index in [-0.39, 0.29) is 0 Å². The molecule has 0 aromatic rings. The lowest BCUT2D eigenvalue weighted by molar-refractivity contribution is -0.116. The second-order valence-corrected chi connectivity index (χ2v) is 3.98. The number of nitrogens with two attached hydrogens (primary N) is 1. The lowest BCUT2D eigenvalue weighted by Gasteiger charge is -2.14. The average Bonchev–Trinajstić information content (AvgIpc) is 2.23. The van der Waals surface area contributed by atoms with Crippen molar-refractivity contribution < 1.29 is 4.79 Å². The molecule has 0 bridgehead atoms. The highest BCUT2D eigenvalue weighted by atomic mass is 16.1. The van der Waals surface area contributed by atoms with Crippen molar-refractivity contribution >= 4 is 5.78 Å². The Morgan fingerprint density at radius 1 is 1.38 bits per heavy atom. The minimum Gasteiger partial charge on any atom is -0.319 e. The predicted molar refractivity (Wildman–Crippen MR) is 52.1 cm³/mol. The number of fused-ring (bicyclic) bond motifs is 1. The zero-order valence-electron chi connectivity index (χ0n) is 7.71. The van der Waals surface area contributed by atoms with Crippen molar-refractivity contribution in [2.24, 2.45) is 5.73 Å². The summed E-state index contributed by atoms with van der Waals surface area (Å²) in [5, 5.41) is 0. The molecule has 0 aliphatic heterocycles. The second kappa shape index (κ2) is 2.67. The van der Waals surface area contributed by atoms with Crippen LogP contribution in [-0.2, 0) is 4.79 Å². The van der Waals surface area contributed by atoms with Crippen molar-refractivity contribution in [1.82, 2.24) is 0 Å². The molecule has 2 aliphatic carbocycles. The van der Waals surface area contributed by atoms with Gasteiger partial charge in [-0.2, -0.15) is 0 Å². The second-order valence-electron chi connectivity index (χ2n) is 3.98. The van der Waals surface area contributed by atoms with Crippen LogP contribution in [0.2, 0.25) is 0 Å². The zero-order valence-corrected chi connectivity index (χ0v) is 7.71. The van der Waals surface area contributed by atoms with Crippen LogP contribution in [0.25, 0.3) is 0 Å². The predicted octanol–water partition coefficient (Wildman–Crippen LogP) is 1.49. The van der Waals surface area contributed by atoms with E-state index in [0.29, 0.717) is 18.6 Å². The van der Waals surface area contributed by atoms with Gasteiger partial charge in [0.25, 0.3) is 0 Å². The van der Waals surface area contributed by atoms with E-state index in [1.165, 1.54) is 0 Å². The fourth-order valence-corrected chi connectivity index (χ4v) is 1.82. The Hall–Kier alpha value is -1.15. The molecule has 68 valence electrons. The summed E-state index contributed by atoms with van der Waals surface area (Å²) in [6.07, 6.45) is 9.02. The van der Waals surface area contributed by atoms with E-state index in [4.69, 9.17) is 5.73 Å². The van der Waals surface area contributed by atoms with Gasteiger partial charge in [0.1, 0.15) is 5.78 Å². The summed E-state index contributed by atoms with van der Waals surface area (Å²) in [6.45, 7) is 1.94. The molecule has 1 unspecified atom stereocenters. The molecule has 0 heterocycles. The van der Waals surface area contributed by atoms with Crippen LogP contribution in [0.4, 0.5) is 0 Å². The van der Waals surface area contributed by atoms with Crippen LogP contribution >= 0.6 is 0 Å². The summed E-state index contributed by atoms with van der Waals surface area (Å²) in [4.78, 5) is 11.2. The molecule has 1 fully saturated rings. The standard InChI is InChI=1S/C11H13NO/c1-11(12)4-2-3-8-5-10(13)6-9(8)7-11/h2-4,7H,5-6,12H2,1H3. The zero-order chi connectivity index (χ0) is 9.47. The lowest BCUT2D eigenvalue weighted by Crippen LogP contribution is -2.30. The van der Waals surface area contributed by atoms with E-state index in [1.54, 1.807) is 0 Å². The Bertz CT molecular complexity index is 345. The summed E-state index contributed by atoms with van der Waals surface area (Å²) in [7, 11) is 0. The molecule has 0 aromatic carbocycles. The van der Waals surface area contributed by atoms with Gasteiger partial charge >= 0.3 is 0 Å². The Kier molecular flexibility index (Phi) is 1.74. The number of carbonyl (C=O) groups is 1. The van der Waals surface area contributed by atoms with Crippen LogP contribution in [-0.4, -0.2) is 11.3 Å². The third kappa shape index (κ3) is 1.63. The first-order valence-electron chi connectivity index (χ1n) is 4.48. The third-order valence-electron chi connectivity index (χ3n) is 2.43. The molecule has 2 heteroatoms. The van der Waals surface area contributed by atoms with Crippen molar-refractivity contribution in [2.45, 2.75) is 25.3 Å². The Labute approximate surface area is 77.8 Å². The van der Waals surface area contributed by atoms with E-state index >= 15 is 0 Å². The molecular formula is C11H13NO. The molecule has 0 radical (unpaired) electrons. The van der Waals surface area contributed by atoms with Gasteiger partial charge in [-0.15, -0.1) is 0 Å². The largest absolute Gasteiger partial charge is 0.319 e. The molecule has 1 atom stereocenters. The molecular weight excluding hydrogens is 162 g/mol. The van der Waals surface area contributed by atoms with Gasteiger partial charge in [-0.1, -0.05) is 24.3 Å². The maximum absolute atomic E-state index is 11.2. The molecule has 2 rings (SSSR count). The molecule has 0 spiro atoms. The van der Waals surface area contributed by atoms with Crippen molar-refractivity contribution in [3.63, 3.8) is 0 Å². The Morgan fingerprint density at radius 3 is 2.85 bits per heavy atom. The van der Waals surface area contributed by atoms with E-state index in [2.05, 4.69) is 0 Å². The van der Waals surface area contributed by atoms with Gasteiger partial charge in [-0.25, -0.2) is 0 Å². The molecule has 0 amide bonds. The Balaban J connectivity index is 2.43. The minimum absolute atomic E-state index is 0.295. The number of carbonyl (C=O) groups excluding carboxylic acids is 1. The highest BCUT2D eigenvalue weighted by Gasteiger charge is 2.24. The van der Waals surface area contributed by atoms with Crippen LogP contribution in [0.1, 0.15) is 19.8 Å². The summed E-state index contributed by atoms with van der Waals surface area (Å²) >= 11 is 0. The van der Waals surface area contributed by atoms with Gasteiger partial charge in [0.2, 0.25) is 0 Å². The fourth-order valence-electron chi connectivity index (χ4n) is 1.82. The summed E-state index contributed by atoms with van der Waals surface area (Å²) in [6, 6.07) is 0. The Morgan fingerprint density at radius 2 is 2.08 bits per heavy atom. The van der Waals surface area contributed by atoms with Gasteiger partial charge in [-0.05, 0) is 18.1 Å². The topological polar surface area (TPSA) is 43.1 Å². The van der Waals surface area contributed by atoms with Crippen LogP contribution in [0.15, 0.2) is 35.5 Å². The van der Waals surface area contributed by atoms with Crippen LogP contribution < -0.4 is 5.73 Å².